The van der Waals surface area contributed by atoms with Gasteiger partial charge in [0.05, 0.1) is 18.1 Å². The van der Waals surface area contributed by atoms with Crippen molar-refractivity contribution in [3.05, 3.63) is 0 Å². The summed E-state index contributed by atoms with van der Waals surface area (Å²) in [4.78, 5) is 2.03. The van der Waals surface area contributed by atoms with Crippen molar-refractivity contribution in [2.24, 2.45) is 5.41 Å². The molecule has 0 bridgehead atoms. The van der Waals surface area contributed by atoms with Gasteiger partial charge in [-0.1, -0.05) is 0 Å². The number of nitrogens with zero attached hydrogens (tertiary/aromatic N) is 2. The van der Waals surface area contributed by atoms with Crippen molar-refractivity contribution in [1.29, 1.82) is 5.26 Å². The zero-order chi connectivity index (χ0) is 9.61. The van der Waals surface area contributed by atoms with Crippen LogP contribution in [0, 0.1) is 16.7 Å². The molecule has 70 valence electrons. The van der Waals surface area contributed by atoms with Crippen molar-refractivity contribution in [2.45, 2.75) is 20.3 Å². The summed E-state index contributed by atoms with van der Waals surface area (Å²) in [6, 6.07) is 2.25. The summed E-state index contributed by atoms with van der Waals surface area (Å²) in [7, 11) is 1.95. The van der Waals surface area contributed by atoms with Crippen molar-refractivity contribution in [3.8, 4) is 6.07 Å². The summed E-state index contributed by atoms with van der Waals surface area (Å²) in [5, 5.41) is 17.3. The number of aliphatic hydroxyl groups excluding tert-OH is 1. The van der Waals surface area contributed by atoms with E-state index in [1.165, 1.54) is 0 Å². The van der Waals surface area contributed by atoms with Gasteiger partial charge in [0, 0.05) is 6.54 Å². The molecule has 0 amide bonds. The highest BCUT2D eigenvalue weighted by molar-refractivity contribution is 4.91. The number of aliphatic hydroxyl groups is 1. The Morgan fingerprint density at radius 2 is 2.00 bits per heavy atom. The molecular weight excluding hydrogens is 152 g/mol. The molecule has 0 radical (unpaired) electrons. The van der Waals surface area contributed by atoms with Gasteiger partial charge in [-0.15, -0.1) is 0 Å². The van der Waals surface area contributed by atoms with Gasteiger partial charge in [-0.05, 0) is 33.9 Å². The van der Waals surface area contributed by atoms with Gasteiger partial charge in [0.25, 0.3) is 0 Å². The van der Waals surface area contributed by atoms with E-state index < -0.39 is 0 Å². The SMILES string of the molecule is CN(CCO)CCC(C)(C)C#N. The fourth-order valence-corrected chi connectivity index (χ4v) is 0.809. The molecule has 0 unspecified atom stereocenters. The molecular formula is C9H18N2O. The molecule has 0 saturated carbocycles. The van der Waals surface area contributed by atoms with Crippen molar-refractivity contribution in [3.63, 3.8) is 0 Å². The van der Waals surface area contributed by atoms with Crippen LogP contribution in [0.25, 0.3) is 0 Å². The molecule has 0 atom stereocenters. The van der Waals surface area contributed by atoms with E-state index in [1.54, 1.807) is 0 Å². The van der Waals surface area contributed by atoms with Gasteiger partial charge in [0.2, 0.25) is 0 Å². The van der Waals surface area contributed by atoms with Crippen LogP contribution in [0.2, 0.25) is 0 Å². The maximum Gasteiger partial charge on any atom is 0.0684 e. The van der Waals surface area contributed by atoms with Crippen LogP contribution in [-0.4, -0.2) is 36.8 Å². The lowest BCUT2D eigenvalue weighted by molar-refractivity contribution is 0.209. The summed E-state index contributed by atoms with van der Waals surface area (Å²) in [5.74, 6) is 0. The lowest BCUT2D eigenvalue weighted by Crippen LogP contribution is -2.26. The average molecular weight is 170 g/mol. The van der Waals surface area contributed by atoms with E-state index in [4.69, 9.17) is 10.4 Å². The summed E-state index contributed by atoms with van der Waals surface area (Å²) in [6.07, 6.45) is 0.847. The van der Waals surface area contributed by atoms with Crippen LogP contribution in [0.4, 0.5) is 0 Å². The zero-order valence-corrected chi connectivity index (χ0v) is 8.17. The molecule has 0 aromatic heterocycles. The Morgan fingerprint density at radius 1 is 1.42 bits per heavy atom. The molecule has 0 rings (SSSR count). The molecule has 0 aliphatic carbocycles. The van der Waals surface area contributed by atoms with E-state index in [-0.39, 0.29) is 12.0 Å². The van der Waals surface area contributed by atoms with Gasteiger partial charge >= 0.3 is 0 Å². The minimum Gasteiger partial charge on any atom is -0.395 e. The topological polar surface area (TPSA) is 47.3 Å². The second kappa shape index (κ2) is 5.13. The molecule has 1 N–H and O–H groups in total. The van der Waals surface area contributed by atoms with Gasteiger partial charge in [-0.25, -0.2) is 0 Å². The number of rotatable bonds is 5. The van der Waals surface area contributed by atoms with Gasteiger partial charge in [-0.3, -0.25) is 0 Å². The summed E-state index contributed by atoms with van der Waals surface area (Å²) < 4.78 is 0. The third-order valence-electron chi connectivity index (χ3n) is 1.90. The predicted molar refractivity (Wildman–Crippen MR) is 48.6 cm³/mol. The van der Waals surface area contributed by atoms with Crippen LogP contribution in [-0.2, 0) is 0 Å². The highest BCUT2D eigenvalue weighted by atomic mass is 16.3. The normalized spacial score (nSPS) is 11.7. The minimum atomic E-state index is -0.246. The fraction of sp³-hybridized carbons (Fsp3) is 0.889. The van der Waals surface area contributed by atoms with E-state index in [1.807, 2.05) is 25.8 Å². The fourth-order valence-electron chi connectivity index (χ4n) is 0.809. The molecule has 0 spiro atoms. The minimum absolute atomic E-state index is 0.184. The number of hydrogen-bond donors (Lipinski definition) is 1. The van der Waals surface area contributed by atoms with Crippen molar-refractivity contribution in [2.75, 3.05) is 26.7 Å². The molecule has 0 heterocycles. The summed E-state index contributed by atoms with van der Waals surface area (Å²) in [6.45, 7) is 5.59. The first-order valence-electron chi connectivity index (χ1n) is 4.22. The van der Waals surface area contributed by atoms with E-state index in [0.717, 1.165) is 13.0 Å². The van der Waals surface area contributed by atoms with Crippen LogP contribution in [0.3, 0.4) is 0 Å². The van der Waals surface area contributed by atoms with Crippen LogP contribution < -0.4 is 0 Å². The van der Waals surface area contributed by atoms with Gasteiger partial charge < -0.3 is 10.0 Å². The first-order chi connectivity index (χ1) is 5.52. The molecule has 3 nitrogen and oxygen atoms in total. The predicted octanol–water partition coefficient (Wildman–Crippen LogP) is 0.850. The standard InChI is InChI=1S/C9H18N2O/c1-9(2,8-10)4-5-11(3)6-7-12/h12H,4-7H2,1-3H3. The zero-order valence-electron chi connectivity index (χ0n) is 8.17. The molecule has 0 aliphatic heterocycles. The number of likely N-dealkylation sites (N-methyl/N-ethyl adjacent to an activating group) is 1. The van der Waals surface area contributed by atoms with E-state index in [0.29, 0.717) is 6.54 Å². The third kappa shape index (κ3) is 5.11. The Bertz CT molecular complexity index is 160. The second-order valence-corrected chi connectivity index (χ2v) is 3.77. The Labute approximate surface area is 74.6 Å². The summed E-state index contributed by atoms with van der Waals surface area (Å²) in [5.41, 5.74) is -0.246. The van der Waals surface area contributed by atoms with E-state index in [2.05, 4.69) is 6.07 Å². The largest absolute Gasteiger partial charge is 0.395 e. The van der Waals surface area contributed by atoms with Crippen molar-refractivity contribution < 1.29 is 5.11 Å². The maximum absolute atomic E-state index is 8.72. The molecule has 0 saturated heterocycles. The Hall–Kier alpha value is -0.590. The third-order valence-corrected chi connectivity index (χ3v) is 1.90. The highest BCUT2D eigenvalue weighted by Gasteiger charge is 2.16. The van der Waals surface area contributed by atoms with Crippen LogP contribution in [0.1, 0.15) is 20.3 Å². The monoisotopic (exact) mass is 170 g/mol. The molecule has 12 heavy (non-hydrogen) atoms. The maximum atomic E-state index is 8.72. The quantitative estimate of drug-likeness (QED) is 0.665. The van der Waals surface area contributed by atoms with Crippen LogP contribution >= 0.6 is 0 Å². The van der Waals surface area contributed by atoms with Crippen molar-refractivity contribution in [1.82, 2.24) is 4.90 Å². The molecule has 0 aliphatic rings. The van der Waals surface area contributed by atoms with Crippen LogP contribution in [0.5, 0.6) is 0 Å². The van der Waals surface area contributed by atoms with Gasteiger partial charge in [-0.2, -0.15) is 5.26 Å². The molecule has 0 fully saturated rings. The Balaban J connectivity index is 3.62. The number of hydrogen-bond acceptors (Lipinski definition) is 3. The average Bonchev–Trinajstić information content (AvgIpc) is 2.02. The lowest BCUT2D eigenvalue weighted by atomic mass is 9.91. The first-order valence-corrected chi connectivity index (χ1v) is 4.22. The second-order valence-electron chi connectivity index (χ2n) is 3.77. The van der Waals surface area contributed by atoms with Gasteiger partial charge in [0.1, 0.15) is 0 Å². The highest BCUT2D eigenvalue weighted by Crippen LogP contribution is 2.18. The van der Waals surface area contributed by atoms with Crippen LogP contribution in [0.15, 0.2) is 0 Å². The molecule has 0 aromatic carbocycles. The molecule has 0 aromatic rings. The number of nitriles is 1. The van der Waals surface area contributed by atoms with E-state index in [9.17, 15) is 0 Å². The van der Waals surface area contributed by atoms with Gasteiger partial charge in [0.15, 0.2) is 0 Å². The Morgan fingerprint density at radius 3 is 2.42 bits per heavy atom. The molecule has 3 heteroatoms. The first kappa shape index (κ1) is 11.4. The Kier molecular flexibility index (Phi) is 4.87. The summed E-state index contributed by atoms with van der Waals surface area (Å²) >= 11 is 0. The van der Waals surface area contributed by atoms with E-state index >= 15 is 0 Å². The lowest BCUT2D eigenvalue weighted by Gasteiger charge is -2.20. The smallest absolute Gasteiger partial charge is 0.0684 e. The van der Waals surface area contributed by atoms with Crippen molar-refractivity contribution >= 4 is 0 Å².